The Bertz CT molecular complexity index is 670. The summed E-state index contributed by atoms with van der Waals surface area (Å²) in [6.07, 6.45) is -3.75. The summed E-state index contributed by atoms with van der Waals surface area (Å²) >= 11 is 9.35. The highest BCUT2D eigenvalue weighted by atomic mass is 79.9. The third-order valence-corrected chi connectivity index (χ3v) is 4.70. The van der Waals surface area contributed by atoms with E-state index in [0.29, 0.717) is 17.9 Å². The molecule has 0 aliphatic heterocycles. The van der Waals surface area contributed by atoms with Crippen LogP contribution in [-0.2, 0) is 15.1 Å². The monoisotopic (exact) mass is 440 g/mol. The molecular formula is C16H17BrClF3N2O2. The van der Waals surface area contributed by atoms with Crippen LogP contribution in [-0.4, -0.2) is 24.0 Å². The Morgan fingerprint density at radius 3 is 2.28 bits per heavy atom. The molecule has 4 nitrogen and oxygen atoms in total. The highest BCUT2D eigenvalue weighted by Gasteiger charge is 2.48. The number of carbonyl (C=O) groups excluding carboxylic acids is 2. The number of nitrogens with one attached hydrogen (secondary N) is 2. The summed E-state index contributed by atoms with van der Waals surface area (Å²) in [6.45, 7) is 3.13. The third kappa shape index (κ3) is 4.88. The van der Waals surface area contributed by atoms with Crippen LogP contribution < -0.4 is 10.6 Å². The number of carbonyl (C=O) groups is 2. The van der Waals surface area contributed by atoms with E-state index >= 15 is 0 Å². The summed E-state index contributed by atoms with van der Waals surface area (Å²) in [4.78, 5) is 23.7. The van der Waals surface area contributed by atoms with Gasteiger partial charge in [-0.1, -0.05) is 41.4 Å². The molecule has 1 atom stereocenters. The van der Waals surface area contributed by atoms with Gasteiger partial charge in [-0.15, -0.1) is 0 Å². The first-order valence-corrected chi connectivity index (χ1v) is 8.78. The van der Waals surface area contributed by atoms with Gasteiger partial charge >= 0.3 is 12.1 Å². The number of amides is 2. The molecule has 9 heteroatoms. The number of benzene rings is 1. The lowest BCUT2D eigenvalue weighted by Crippen LogP contribution is -2.54. The first kappa shape index (κ1) is 20.0. The van der Waals surface area contributed by atoms with Crippen molar-refractivity contribution in [2.24, 2.45) is 5.92 Å². The molecule has 138 valence electrons. The highest BCUT2D eigenvalue weighted by molar-refractivity contribution is 9.10. The predicted molar refractivity (Wildman–Crippen MR) is 91.0 cm³/mol. The Morgan fingerprint density at radius 2 is 1.84 bits per heavy atom. The van der Waals surface area contributed by atoms with Crippen LogP contribution in [0.15, 0.2) is 22.7 Å². The van der Waals surface area contributed by atoms with E-state index in [1.165, 1.54) is 0 Å². The number of hydrogen-bond donors (Lipinski definition) is 2. The zero-order valence-electron chi connectivity index (χ0n) is 13.5. The minimum atomic E-state index is -5.04. The molecule has 2 N–H and O–H groups in total. The fraction of sp³-hybridized carbons (Fsp3) is 0.500. The van der Waals surface area contributed by atoms with E-state index in [1.54, 1.807) is 37.4 Å². The predicted octanol–water partition coefficient (Wildman–Crippen LogP) is 3.91. The van der Waals surface area contributed by atoms with Crippen LogP contribution in [0.3, 0.4) is 0 Å². The molecule has 2 amide bonds. The van der Waals surface area contributed by atoms with Crippen molar-refractivity contribution in [2.75, 3.05) is 0 Å². The van der Waals surface area contributed by atoms with Gasteiger partial charge in [0, 0.05) is 9.50 Å². The summed E-state index contributed by atoms with van der Waals surface area (Å²) in [5.74, 6) is -3.29. The Hall–Kier alpha value is -1.28. The van der Waals surface area contributed by atoms with Gasteiger partial charge in [0.1, 0.15) is 6.04 Å². The summed E-state index contributed by atoms with van der Waals surface area (Å²) in [5, 5.41) is 5.03. The van der Waals surface area contributed by atoms with Crippen LogP contribution in [0, 0.1) is 5.92 Å². The SMILES string of the molecule is CC(C)[C@H](NC(=O)C(F)(F)F)C(=O)NC1(c2cc(Cl)cc(Br)c2)CC1. The average molecular weight is 442 g/mol. The number of hydrogen-bond acceptors (Lipinski definition) is 2. The van der Waals surface area contributed by atoms with Gasteiger partial charge in [-0.05, 0) is 42.5 Å². The quantitative estimate of drug-likeness (QED) is 0.728. The van der Waals surface area contributed by atoms with E-state index in [4.69, 9.17) is 11.6 Å². The Labute approximate surface area is 156 Å². The molecule has 1 aromatic carbocycles. The van der Waals surface area contributed by atoms with Crippen molar-refractivity contribution in [3.05, 3.63) is 33.3 Å². The molecule has 0 bridgehead atoms. The van der Waals surface area contributed by atoms with Crippen molar-refractivity contribution in [3.8, 4) is 0 Å². The van der Waals surface area contributed by atoms with E-state index in [1.807, 2.05) is 0 Å². The lowest BCUT2D eigenvalue weighted by molar-refractivity contribution is -0.175. The van der Waals surface area contributed by atoms with Crippen LogP contribution in [0.25, 0.3) is 0 Å². The van der Waals surface area contributed by atoms with Crippen molar-refractivity contribution >= 4 is 39.3 Å². The minimum Gasteiger partial charge on any atom is -0.345 e. The number of alkyl halides is 3. The summed E-state index contributed by atoms with van der Waals surface area (Å²) < 4.78 is 38.2. The normalized spacial score (nSPS) is 17.1. The van der Waals surface area contributed by atoms with E-state index in [9.17, 15) is 22.8 Å². The molecule has 2 rings (SSSR count). The molecule has 0 aromatic heterocycles. The van der Waals surface area contributed by atoms with E-state index < -0.39 is 35.5 Å². The van der Waals surface area contributed by atoms with Gasteiger partial charge in [-0.25, -0.2) is 0 Å². The Morgan fingerprint density at radius 1 is 1.24 bits per heavy atom. The van der Waals surface area contributed by atoms with Crippen LogP contribution in [0.5, 0.6) is 0 Å². The Balaban J connectivity index is 2.16. The van der Waals surface area contributed by atoms with Crippen molar-refractivity contribution < 1.29 is 22.8 Å². The second kappa shape index (κ2) is 7.15. The Kier molecular flexibility index (Phi) is 5.73. The second-order valence-electron chi connectivity index (χ2n) is 6.42. The van der Waals surface area contributed by atoms with Crippen molar-refractivity contribution in [1.29, 1.82) is 0 Å². The fourth-order valence-corrected chi connectivity index (χ4v) is 3.37. The number of rotatable bonds is 5. The van der Waals surface area contributed by atoms with Gasteiger partial charge in [0.15, 0.2) is 0 Å². The van der Waals surface area contributed by atoms with Crippen LogP contribution >= 0.6 is 27.5 Å². The summed E-state index contributed by atoms with van der Waals surface area (Å²) in [5.41, 5.74) is 0.102. The lowest BCUT2D eigenvalue weighted by atomic mass is 10.0. The lowest BCUT2D eigenvalue weighted by Gasteiger charge is -2.26. The zero-order valence-corrected chi connectivity index (χ0v) is 15.8. The topological polar surface area (TPSA) is 58.2 Å². The molecule has 1 aromatic rings. The van der Waals surface area contributed by atoms with Gasteiger partial charge in [0.2, 0.25) is 5.91 Å². The van der Waals surface area contributed by atoms with Gasteiger partial charge in [-0.3, -0.25) is 9.59 Å². The average Bonchev–Trinajstić information content (AvgIpc) is 3.22. The molecule has 1 saturated carbocycles. The zero-order chi connectivity index (χ0) is 19.0. The molecular weight excluding hydrogens is 425 g/mol. The molecule has 1 aliphatic rings. The van der Waals surface area contributed by atoms with Gasteiger partial charge in [-0.2, -0.15) is 13.2 Å². The summed E-state index contributed by atoms with van der Waals surface area (Å²) in [6, 6.07) is 3.92. The highest BCUT2D eigenvalue weighted by Crippen LogP contribution is 2.47. The van der Waals surface area contributed by atoms with Crippen molar-refractivity contribution in [2.45, 2.75) is 44.4 Å². The first-order chi connectivity index (χ1) is 11.4. The molecule has 0 radical (unpaired) electrons. The molecule has 1 aliphatic carbocycles. The van der Waals surface area contributed by atoms with E-state index in [0.717, 1.165) is 10.0 Å². The molecule has 25 heavy (non-hydrogen) atoms. The van der Waals surface area contributed by atoms with Gasteiger partial charge < -0.3 is 10.6 Å². The second-order valence-corrected chi connectivity index (χ2v) is 7.77. The van der Waals surface area contributed by atoms with E-state index in [-0.39, 0.29) is 0 Å². The summed E-state index contributed by atoms with van der Waals surface area (Å²) in [7, 11) is 0. The van der Waals surface area contributed by atoms with Crippen LogP contribution in [0.4, 0.5) is 13.2 Å². The largest absolute Gasteiger partial charge is 0.471 e. The first-order valence-electron chi connectivity index (χ1n) is 7.61. The van der Waals surface area contributed by atoms with Gasteiger partial charge in [0.05, 0.1) is 5.54 Å². The maximum atomic E-state index is 12.5. The minimum absolute atomic E-state index is 0.482. The molecule has 1 fully saturated rings. The molecule has 0 spiro atoms. The molecule has 0 heterocycles. The smallest absolute Gasteiger partial charge is 0.345 e. The standard InChI is InChI=1S/C16H17BrClF3N2O2/c1-8(2)12(22-14(25)16(19,20)21)13(24)23-15(3-4-15)9-5-10(17)7-11(18)6-9/h5-8,12H,3-4H2,1-2H3,(H,22,25)(H,23,24)/t12-/m0/s1. The molecule has 0 unspecified atom stereocenters. The van der Waals surface area contributed by atoms with Crippen LogP contribution in [0.1, 0.15) is 32.3 Å². The van der Waals surface area contributed by atoms with Gasteiger partial charge in [0.25, 0.3) is 0 Å². The maximum absolute atomic E-state index is 12.5. The maximum Gasteiger partial charge on any atom is 0.471 e. The third-order valence-electron chi connectivity index (χ3n) is 4.02. The van der Waals surface area contributed by atoms with Crippen LogP contribution in [0.2, 0.25) is 5.02 Å². The molecule has 0 saturated heterocycles. The van der Waals surface area contributed by atoms with Crippen molar-refractivity contribution in [3.63, 3.8) is 0 Å². The fourth-order valence-electron chi connectivity index (χ4n) is 2.51. The number of halogens is 5. The van der Waals surface area contributed by atoms with Crippen molar-refractivity contribution in [1.82, 2.24) is 10.6 Å². The van der Waals surface area contributed by atoms with E-state index in [2.05, 4.69) is 21.2 Å².